The second kappa shape index (κ2) is 13.2. The lowest BCUT2D eigenvalue weighted by molar-refractivity contribution is -0.384. The predicted octanol–water partition coefficient (Wildman–Crippen LogP) is 4.54. The minimum Gasteiger partial charge on any atom is -0.497 e. The van der Waals surface area contributed by atoms with Gasteiger partial charge in [0, 0.05) is 49.3 Å². The first-order valence-corrected chi connectivity index (χ1v) is 17.1. The number of hydrogen-bond donors (Lipinski definition) is 1. The van der Waals surface area contributed by atoms with Gasteiger partial charge in [0.25, 0.3) is 15.8 Å². The van der Waals surface area contributed by atoms with E-state index >= 15 is 0 Å². The molecule has 12 nitrogen and oxygen atoms in total. The molecular weight excluding hydrogens is 626 g/mol. The van der Waals surface area contributed by atoms with Crippen LogP contribution in [-0.4, -0.2) is 84.9 Å². The highest BCUT2D eigenvalue weighted by Gasteiger charge is 2.60. The first-order valence-electron chi connectivity index (χ1n) is 15.7. The van der Waals surface area contributed by atoms with Gasteiger partial charge in [-0.15, -0.1) is 0 Å². The number of hydrogen-bond acceptors (Lipinski definition) is 10. The third-order valence-corrected chi connectivity index (χ3v) is 11.4. The quantitative estimate of drug-likeness (QED) is 0.186. The molecule has 1 saturated carbocycles. The number of nitrogens with zero attached hydrogens (tertiary/aromatic N) is 3. The highest BCUT2D eigenvalue weighted by Crippen LogP contribution is 2.53. The number of nitro groups is 1. The zero-order valence-electron chi connectivity index (χ0n) is 26.3. The van der Waals surface area contributed by atoms with E-state index in [0.717, 1.165) is 35.4 Å². The number of carbonyl (C=O) groups excluding carboxylic acids is 1. The first kappa shape index (κ1) is 32.9. The average Bonchev–Trinajstić information content (AvgIpc) is 3.45. The fraction of sp³-hybridized carbons (Fsp3) is 0.441. The van der Waals surface area contributed by atoms with Crippen LogP contribution >= 0.6 is 0 Å². The molecule has 6 rings (SSSR count). The number of ether oxygens (including phenoxy) is 2. The Morgan fingerprint density at radius 2 is 1.74 bits per heavy atom. The Bertz CT molecular complexity index is 1690. The van der Waals surface area contributed by atoms with Gasteiger partial charge in [-0.05, 0) is 67.5 Å². The second-order valence-corrected chi connectivity index (χ2v) is 14.3. The molecule has 250 valence electrons. The largest absolute Gasteiger partial charge is 0.497 e. The van der Waals surface area contributed by atoms with Gasteiger partial charge < -0.3 is 19.5 Å². The van der Waals surface area contributed by atoms with Crippen molar-refractivity contribution < 1.29 is 36.9 Å². The van der Waals surface area contributed by atoms with Crippen LogP contribution in [-0.2, 0) is 32.1 Å². The van der Waals surface area contributed by atoms with Crippen molar-refractivity contribution >= 4 is 21.9 Å². The van der Waals surface area contributed by atoms with E-state index in [0.29, 0.717) is 44.4 Å². The summed E-state index contributed by atoms with van der Waals surface area (Å²) in [4.78, 5) is 27.4. The molecule has 13 heteroatoms. The van der Waals surface area contributed by atoms with E-state index in [9.17, 15) is 28.4 Å². The molecule has 1 spiro atoms. The van der Waals surface area contributed by atoms with E-state index in [4.69, 9.17) is 13.7 Å². The Hall–Kier alpha value is -4.04. The molecule has 3 aromatic carbocycles. The number of amides is 1. The summed E-state index contributed by atoms with van der Waals surface area (Å²) in [7, 11) is -0.926. The molecule has 1 N–H and O–H groups in total. The number of rotatable bonds is 10. The van der Waals surface area contributed by atoms with Crippen LogP contribution in [0.3, 0.4) is 0 Å². The van der Waals surface area contributed by atoms with Gasteiger partial charge in [0.15, 0.2) is 0 Å². The molecule has 47 heavy (non-hydrogen) atoms. The molecule has 2 bridgehead atoms. The van der Waals surface area contributed by atoms with Crippen molar-refractivity contribution in [2.45, 2.75) is 73.4 Å². The third kappa shape index (κ3) is 6.71. The average molecular weight is 666 g/mol. The highest BCUT2D eigenvalue weighted by molar-refractivity contribution is 7.86. The number of fused-ring (bicyclic) bond motifs is 1. The van der Waals surface area contributed by atoms with Gasteiger partial charge in [0.2, 0.25) is 0 Å². The number of likely N-dealkylation sites (N-methyl/N-ethyl adjacent to an activating group) is 1. The van der Waals surface area contributed by atoms with Gasteiger partial charge in [-0.1, -0.05) is 42.5 Å². The minimum atomic E-state index is -4.27. The number of non-ortho nitro benzene ring substituents is 1. The van der Waals surface area contributed by atoms with Crippen molar-refractivity contribution in [2.75, 3.05) is 20.7 Å². The van der Waals surface area contributed by atoms with Crippen LogP contribution in [0.15, 0.2) is 83.8 Å². The fourth-order valence-corrected chi connectivity index (χ4v) is 8.76. The van der Waals surface area contributed by atoms with Crippen LogP contribution in [0.2, 0.25) is 0 Å². The highest BCUT2D eigenvalue weighted by atomic mass is 32.2. The molecule has 1 aliphatic carbocycles. The lowest BCUT2D eigenvalue weighted by Crippen LogP contribution is -2.66. The van der Waals surface area contributed by atoms with Gasteiger partial charge in [-0.25, -0.2) is 4.79 Å². The first-order chi connectivity index (χ1) is 22.5. The number of benzene rings is 3. The van der Waals surface area contributed by atoms with Crippen LogP contribution in [0.5, 0.6) is 5.75 Å². The molecule has 0 unspecified atom stereocenters. The topological polar surface area (TPSA) is 149 Å². The van der Waals surface area contributed by atoms with E-state index in [1.54, 1.807) is 19.1 Å². The summed E-state index contributed by atoms with van der Waals surface area (Å²) >= 11 is 0. The van der Waals surface area contributed by atoms with Crippen molar-refractivity contribution in [3.05, 3.63) is 100 Å². The minimum absolute atomic E-state index is 0.161. The zero-order chi connectivity index (χ0) is 33.3. The maximum Gasteiger partial charge on any atom is 0.410 e. The summed E-state index contributed by atoms with van der Waals surface area (Å²) in [5.74, 6) is 0.221. The Morgan fingerprint density at radius 3 is 2.40 bits per heavy atom. The van der Waals surface area contributed by atoms with Gasteiger partial charge in [-0.3, -0.25) is 19.2 Å². The van der Waals surface area contributed by atoms with E-state index in [2.05, 4.69) is 4.90 Å². The summed E-state index contributed by atoms with van der Waals surface area (Å²) in [6, 6.07) is 21.2. The number of methoxy groups -OCH3 is 1. The van der Waals surface area contributed by atoms with Crippen LogP contribution in [0.4, 0.5) is 10.5 Å². The van der Waals surface area contributed by atoms with Crippen LogP contribution in [0.25, 0.3) is 0 Å². The predicted molar refractivity (Wildman–Crippen MR) is 171 cm³/mol. The lowest BCUT2D eigenvalue weighted by atomic mass is 9.65. The van der Waals surface area contributed by atoms with E-state index in [1.807, 2.05) is 54.6 Å². The Morgan fingerprint density at radius 1 is 1.04 bits per heavy atom. The molecule has 2 heterocycles. The molecule has 3 aliphatic rings. The summed E-state index contributed by atoms with van der Waals surface area (Å²) in [5, 5.41) is 23.0. The summed E-state index contributed by atoms with van der Waals surface area (Å²) < 4.78 is 43.4. The zero-order valence-corrected chi connectivity index (χ0v) is 27.1. The van der Waals surface area contributed by atoms with Crippen LogP contribution in [0.1, 0.15) is 36.8 Å². The maximum absolute atomic E-state index is 13.3. The molecule has 2 saturated heterocycles. The van der Waals surface area contributed by atoms with Crippen molar-refractivity contribution in [3.8, 4) is 5.75 Å². The van der Waals surface area contributed by atoms with E-state index in [-0.39, 0.29) is 34.8 Å². The standard InChI is InChI=1S/C34H39N3O9S/c1-35(33(39)45-22-24-6-4-3-5-7-24)26-19-34-17-16-31(46-47(42,43)28-14-10-25(11-15-28)37(40)41)29(20-34)32(38)30(36(34)21-26)18-23-8-12-27(44-2)13-9-23/h3-15,26,29-32,38H,16-22H2,1-2H3/t26-,29-,30-,31+,32-,34+/m0/s1. The van der Waals surface area contributed by atoms with Gasteiger partial charge >= 0.3 is 6.09 Å². The van der Waals surface area contributed by atoms with Crippen molar-refractivity contribution in [1.82, 2.24) is 9.80 Å². The van der Waals surface area contributed by atoms with E-state index in [1.165, 1.54) is 0 Å². The molecule has 0 radical (unpaired) electrons. The van der Waals surface area contributed by atoms with Gasteiger partial charge in [0.1, 0.15) is 12.4 Å². The Balaban J connectivity index is 1.24. The van der Waals surface area contributed by atoms with Crippen molar-refractivity contribution in [1.29, 1.82) is 0 Å². The number of aliphatic hydroxyl groups excluding tert-OH is 1. The maximum atomic E-state index is 13.3. The molecule has 6 atom stereocenters. The molecule has 0 aromatic heterocycles. The molecule has 3 aromatic rings. The molecule has 1 amide bonds. The van der Waals surface area contributed by atoms with Gasteiger partial charge in [0.05, 0.1) is 29.1 Å². The van der Waals surface area contributed by atoms with E-state index < -0.39 is 39.3 Å². The van der Waals surface area contributed by atoms with Crippen molar-refractivity contribution in [2.24, 2.45) is 5.92 Å². The normalized spacial score (nSPS) is 27.1. The number of nitro benzene ring substituents is 1. The SMILES string of the molecule is COc1ccc(C[C@H]2[C@@H](O)[C@H]3C[C@@]4(CC[C@H]3OS(=O)(=O)c3ccc([N+](=O)[O-])cc3)C[C@H](N(C)C(=O)OCc3ccccc3)CN24)cc1. The summed E-state index contributed by atoms with van der Waals surface area (Å²) in [5.41, 5.74) is 1.28. The van der Waals surface area contributed by atoms with Crippen LogP contribution < -0.4 is 4.74 Å². The van der Waals surface area contributed by atoms with Crippen LogP contribution in [0, 0.1) is 16.0 Å². The monoisotopic (exact) mass is 665 g/mol. The fourth-order valence-electron chi connectivity index (χ4n) is 7.62. The molecular formula is C34H39N3O9S. The number of piperidine rings is 1. The smallest absolute Gasteiger partial charge is 0.410 e. The van der Waals surface area contributed by atoms with Gasteiger partial charge in [-0.2, -0.15) is 8.42 Å². The summed E-state index contributed by atoms with van der Waals surface area (Å²) in [6.07, 6.45) is 0.504. The Labute approximate surface area is 274 Å². The summed E-state index contributed by atoms with van der Waals surface area (Å²) in [6.45, 7) is 0.697. The second-order valence-electron chi connectivity index (χ2n) is 12.7. The number of carbonyl (C=O) groups is 1. The number of aliphatic hydroxyl groups is 1. The van der Waals surface area contributed by atoms with Crippen molar-refractivity contribution in [3.63, 3.8) is 0 Å². The molecule has 3 fully saturated rings. The Kier molecular flexibility index (Phi) is 9.25. The molecule has 2 aliphatic heterocycles. The third-order valence-electron chi connectivity index (χ3n) is 10.1. The lowest BCUT2D eigenvalue weighted by Gasteiger charge is -2.57.